The van der Waals surface area contributed by atoms with Gasteiger partial charge in [0.1, 0.15) is 12.1 Å². The largest absolute Gasteiger partial charge is 0.354 e. The van der Waals surface area contributed by atoms with E-state index in [0.717, 1.165) is 33.0 Å². The molecule has 0 radical (unpaired) electrons. The van der Waals surface area contributed by atoms with Crippen molar-refractivity contribution in [2.75, 3.05) is 23.5 Å². The van der Waals surface area contributed by atoms with Crippen molar-refractivity contribution in [1.29, 1.82) is 0 Å². The van der Waals surface area contributed by atoms with Crippen LogP contribution in [-0.2, 0) is 16.4 Å². The molecular formula is C17H21N5O2S2. The highest BCUT2D eigenvalue weighted by molar-refractivity contribution is 7.91. The lowest BCUT2D eigenvalue weighted by molar-refractivity contribution is 0.485. The summed E-state index contributed by atoms with van der Waals surface area (Å²) in [6.45, 7) is 4.67. The van der Waals surface area contributed by atoms with Gasteiger partial charge < -0.3 is 4.90 Å². The molecule has 138 valence electrons. The molecule has 7 nitrogen and oxygen atoms in total. The molecule has 0 bridgehead atoms. The second-order valence-electron chi connectivity index (χ2n) is 6.84. The Morgan fingerprint density at radius 1 is 1.35 bits per heavy atom. The van der Waals surface area contributed by atoms with E-state index in [9.17, 15) is 8.42 Å². The Kier molecular flexibility index (Phi) is 4.23. The summed E-state index contributed by atoms with van der Waals surface area (Å²) in [7, 11) is -0.923. The maximum Gasteiger partial charge on any atom is 0.152 e. The van der Waals surface area contributed by atoms with Crippen molar-refractivity contribution >= 4 is 37.2 Å². The fraction of sp³-hybridized carbons (Fsp3) is 0.471. The Morgan fingerprint density at radius 3 is 2.88 bits per heavy atom. The zero-order valence-electron chi connectivity index (χ0n) is 15.0. The van der Waals surface area contributed by atoms with E-state index >= 15 is 0 Å². The molecule has 3 aromatic heterocycles. The van der Waals surface area contributed by atoms with E-state index in [4.69, 9.17) is 0 Å². The molecule has 4 heterocycles. The summed E-state index contributed by atoms with van der Waals surface area (Å²) < 4.78 is 26.6. The smallest absolute Gasteiger partial charge is 0.152 e. The van der Waals surface area contributed by atoms with Gasteiger partial charge in [-0.3, -0.25) is 4.68 Å². The Labute approximate surface area is 156 Å². The molecule has 0 amide bonds. The van der Waals surface area contributed by atoms with Gasteiger partial charge in [0.15, 0.2) is 9.84 Å². The molecule has 0 spiro atoms. The van der Waals surface area contributed by atoms with E-state index in [1.54, 1.807) is 17.7 Å². The predicted molar refractivity (Wildman–Crippen MR) is 104 cm³/mol. The molecule has 0 N–H and O–H groups in total. The predicted octanol–water partition coefficient (Wildman–Crippen LogP) is 2.50. The minimum Gasteiger partial charge on any atom is -0.354 e. The van der Waals surface area contributed by atoms with Crippen LogP contribution in [0.1, 0.15) is 29.4 Å². The Balaban J connectivity index is 1.64. The maximum absolute atomic E-state index is 11.8. The number of rotatable bonds is 4. The van der Waals surface area contributed by atoms with E-state index < -0.39 is 9.84 Å². The lowest BCUT2D eigenvalue weighted by Crippen LogP contribution is -2.19. The van der Waals surface area contributed by atoms with Crippen LogP contribution in [0.4, 0.5) is 5.82 Å². The highest BCUT2D eigenvalue weighted by Gasteiger charge is 2.31. The first-order valence-corrected chi connectivity index (χ1v) is 11.2. The first kappa shape index (κ1) is 17.4. The molecule has 0 aliphatic carbocycles. The highest BCUT2D eigenvalue weighted by Crippen LogP contribution is 2.30. The summed E-state index contributed by atoms with van der Waals surface area (Å²) in [5.41, 5.74) is 4.05. The number of anilines is 1. The maximum atomic E-state index is 11.8. The van der Waals surface area contributed by atoms with Crippen LogP contribution in [0.15, 0.2) is 17.8 Å². The average molecular weight is 392 g/mol. The van der Waals surface area contributed by atoms with Gasteiger partial charge in [0.25, 0.3) is 0 Å². The molecule has 4 rings (SSSR count). The number of aromatic nitrogens is 4. The van der Waals surface area contributed by atoms with Crippen molar-refractivity contribution in [3.05, 3.63) is 34.7 Å². The van der Waals surface area contributed by atoms with E-state index in [-0.39, 0.29) is 17.5 Å². The Hall–Kier alpha value is -2.00. The van der Waals surface area contributed by atoms with Gasteiger partial charge in [0.2, 0.25) is 0 Å². The molecule has 1 aliphatic rings. The number of hydrogen-bond acceptors (Lipinski definition) is 7. The monoisotopic (exact) mass is 391 g/mol. The van der Waals surface area contributed by atoms with Crippen molar-refractivity contribution in [3.8, 4) is 0 Å². The third-order valence-corrected chi connectivity index (χ3v) is 7.66. The Bertz CT molecular complexity index is 1070. The summed E-state index contributed by atoms with van der Waals surface area (Å²) in [6, 6.07) is 1.94. The first-order chi connectivity index (χ1) is 12.4. The van der Waals surface area contributed by atoms with Gasteiger partial charge in [0, 0.05) is 24.8 Å². The number of aryl methyl sites for hydroxylation is 1. The lowest BCUT2D eigenvalue weighted by atomic mass is 10.1. The van der Waals surface area contributed by atoms with Gasteiger partial charge >= 0.3 is 0 Å². The fourth-order valence-electron chi connectivity index (χ4n) is 3.61. The molecular weight excluding hydrogens is 370 g/mol. The summed E-state index contributed by atoms with van der Waals surface area (Å²) in [6.07, 6.45) is 2.23. The zero-order chi connectivity index (χ0) is 18.5. The van der Waals surface area contributed by atoms with E-state index in [1.807, 2.05) is 37.0 Å². The van der Waals surface area contributed by atoms with Crippen molar-refractivity contribution in [2.24, 2.45) is 0 Å². The SMILES string of the molecule is Cc1nn(C2CCS(=O)(=O)C2)c(C)c1CN(C)c1ncnc2ccsc12. The quantitative estimate of drug-likeness (QED) is 0.680. The van der Waals surface area contributed by atoms with Crippen molar-refractivity contribution in [1.82, 2.24) is 19.7 Å². The van der Waals surface area contributed by atoms with Gasteiger partial charge in [-0.05, 0) is 31.7 Å². The van der Waals surface area contributed by atoms with E-state index in [1.165, 1.54) is 0 Å². The summed E-state index contributed by atoms with van der Waals surface area (Å²) >= 11 is 1.63. The summed E-state index contributed by atoms with van der Waals surface area (Å²) in [5.74, 6) is 1.34. The number of hydrogen-bond donors (Lipinski definition) is 0. The van der Waals surface area contributed by atoms with Gasteiger partial charge in [-0.2, -0.15) is 5.10 Å². The van der Waals surface area contributed by atoms with Crippen molar-refractivity contribution in [2.45, 2.75) is 32.9 Å². The number of thiophene rings is 1. The molecule has 9 heteroatoms. The van der Waals surface area contributed by atoms with Crippen molar-refractivity contribution < 1.29 is 8.42 Å². The molecule has 1 unspecified atom stereocenters. The van der Waals surface area contributed by atoms with Crippen LogP contribution in [0.5, 0.6) is 0 Å². The zero-order valence-corrected chi connectivity index (χ0v) is 16.6. The van der Waals surface area contributed by atoms with Crippen LogP contribution in [0.3, 0.4) is 0 Å². The van der Waals surface area contributed by atoms with Crippen molar-refractivity contribution in [3.63, 3.8) is 0 Å². The minimum atomic E-state index is -2.93. The van der Waals surface area contributed by atoms with E-state index in [2.05, 4.69) is 20.0 Å². The lowest BCUT2D eigenvalue weighted by Gasteiger charge is -2.19. The number of nitrogens with zero attached hydrogens (tertiary/aromatic N) is 5. The number of sulfone groups is 1. The molecule has 1 saturated heterocycles. The molecule has 0 saturated carbocycles. The fourth-order valence-corrected chi connectivity index (χ4v) is 6.19. The van der Waals surface area contributed by atoms with Crippen LogP contribution in [0.2, 0.25) is 0 Å². The molecule has 1 fully saturated rings. The van der Waals surface area contributed by atoms with Crippen LogP contribution in [0.25, 0.3) is 10.2 Å². The van der Waals surface area contributed by atoms with Crippen LogP contribution < -0.4 is 4.90 Å². The topological polar surface area (TPSA) is 81.0 Å². The van der Waals surface area contributed by atoms with Gasteiger partial charge in [0.05, 0.1) is 33.5 Å². The molecule has 26 heavy (non-hydrogen) atoms. The molecule has 0 aromatic carbocycles. The molecule has 1 atom stereocenters. The first-order valence-electron chi connectivity index (χ1n) is 8.50. The van der Waals surface area contributed by atoms with E-state index in [0.29, 0.717) is 13.0 Å². The third-order valence-electron chi connectivity index (χ3n) is 5.01. The second kappa shape index (κ2) is 6.31. The molecule has 3 aromatic rings. The minimum absolute atomic E-state index is 0.0548. The normalized spacial score (nSPS) is 19.3. The Morgan fingerprint density at radius 2 is 2.15 bits per heavy atom. The summed E-state index contributed by atoms with van der Waals surface area (Å²) in [4.78, 5) is 10.9. The van der Waals surface area contributed by atoms with Crippen LogP contribution in [0, 0.1) is 13.8 Å². The van der Waals surface area contributed by atoms with Gasteiger partial charge in [-0.1, -0.05) is 0 Å². The van der Waals surface area contributed by atoms with Crippen LogP contribution in [-0.4, -0.2) is 46.7 Å². The average Bonchev–Trinajstić information content (AvgIpc) is 3.27. The molecule has 1 aliphatic heterocycles. The third kappa shape index (κ3) is 2.99. The second-order valence-corrected chi connectivity index (χ2v) is 9.98. The van der Waals surface area contributed by atoms with Gasteiger partial charge in [-0.15, -0.1) is 11.3 Å². The standard InChI is InChI=1S/C17H21N5O2S2/c1-11-14(12(2)22(20-11)13-5-7-26(23,24)9-13)8-21(3)17-16-15(4-6-25-16)18-10-19-17/h4,6,10,13H,5,7-9H2,1-3H3. The summed E-state index contributed by atoms with van der Waals surface area (Å²) in [5, 5.41) is 6.67. The number of fused-ring (bicyclic) bond motifs is 1. The highest BCUT2D eigenvalue weighted by atomic mass is 32.2. The van der Waals surface area contributed by atoms with Crippen LogP contribution >= 0.6 is 11.3 Å². The van der Waals surface area contributed by atoms with Gasteiger partial charge in [-0.25, -0.2) is 18.4 Å².